The highest BCUT2D eigenvalue weighted by molar-refractivity contribution is 7.89. The van der Waals surface area contributed by atoms with Crippen LogP contribution in [0.15, 0.2) is 29.2 Å². The Morgan fingerprint density at radius 1 is 1.18 bits per heavy atom. The standard InChI is InChI=1S/C14H19N3O4S/c1-10-6-8-17(9-7-10)14(19)13(18)16-11-2-4-12(5-3-11)22(15,20)21/h2-5,10H,6-9H2,1H3,(H,16,18)(H2,15,20,21). The highest BCUT2D eigenvalue weighted by Gasteiger charge is 2.25. The SMILES string of the molecule is CC1CCN(C(=O)C(=O)Nc2ccc(S(N)(=O)=O)cc2)CC1. The molecule has 1 aromatic carbocycles. The van der Waals surface area contributed by atoms with Crippen molar-refractivity contribution in [2.45, 2.75) is 24.7 Å². The molecule has 2 rings (SSSR count). The van der Waals surface area contributed by atoms with E-state index >= 15 is 0 Å². The number of amides is 2. The maximum absolute atomic E-state index is 12.0. The first-order chi connectivity index (χ1) is 10.3. The van der Waals surface area contributed by atoms with Crippen LogP contribution in [0.2, 0.25) is 0 Å². The van der Waals surface area contributed by atoms with E-state index < -0.39 is 21.8 Å². The zero-order valence-electron chi connectivity index (χ0n) is 12.3. The molecule has 0 aliphatic carbocycles. The number of carbonyl (C=O) groups is 2. The molecule has 7 nitrogen and oxygen atoms in total. The van der Waals surface area contributed by atoms with Crippen LogP contribution in [0.1, 0.15) is 19.8 Å². The van der Waals surface area contributed by atoms with Gasteiger partial charge in [-0.1, -0.05) is 6.92 Å². The van der Waals surface area contributed by atoms with Crippen molar-refractivity contribution >= 4 is 27.5 Å². The Balaban J connectivity index is 1.98. The van der Waals surface area contributed by atoms with E-state index in [0.29, 0.717) is 24.7 Å². The van der Waals surface area contributed by atoms with Crippen molar-refractivity contribution in [3.63, 3.8) is 0 Å². The molecule has 0 atom stereocenters. The molecule has 0 saturated carbocycles. The van der Waals surface area contributed by atoms with Crippen LogP contribution in [0, 0.1) is 5.92 Å². The Hall–Kier alpha value is -1.93. The van der Waals surface area contributed by atoms with Crippen molar-refractivity contribution in [3.05, 3.63) is 24.3 Å². The third kappa shape index (κ3) is 4.05. The molecular formula is C14H19N3O4S. The molecule has 1 heterocycles. The molecule has 8 heteroatoms. The fourth-order valence-electron chi connectivity index (χ4n) is 2.27. The molecular weight excluding hydrogens is 306 g/mol. The number of nitrogens with two attached hydrogens (primary N) is 1. The monoisotopic (exact) mass is 325 g/mol. The number of carbonyl (C=O) groups excluding carboxylic acids is 2. The topological polar surface area (TPSA) is 110 Å². The summed E-state index contributed by atoms with van der Waals surface area (Å²) in [7, 11) is -3.77. The molecule has 22 heavy (non-hydrogen) atoms. The smallest absolute Gasteiger partial charge is 0.313 e. The Bertz CT molecular complexity index is 662. The first kappa shape index (κ1) is 16.4. The summed E-state index contributed by atoms with van der Waals surface area (Å²) in [4.78, 5) is 25.4. The minimum absolute atomic E-state index is 0.0538. The van der Waals surface area contributed by atoms with Crippen molar-refractivity contribution < 1.29 is 18.0 Å². The Kier molecular flexibility index (Phi) is 4.82. The summed E-state index contributed by atoms with van der Waals surface area (Å²) in [6.45, 7) is 3.28. The van der Waals surface area contributed by atoms with Gasteiger partial charge >= 0.3 is 11.8 Å². The van der Waals surface area contributed by atoms with Gasteiger partial charge in [0.2, 0.25) is 10.0 Å². The molecule has 1 aliphatic heterocycles. The van der Waals surface area contributed by atoms with Crippen LogP contribution in [0.3, 0.4) is 0 Å². The lowest BCUT2D eigenvalue weighted by atomic mass is 9.99. The van der Waals surface area contributed by atoms with E-state index in [2.05, 4.69) is 12.2 Å². The minimum atomic E-state index is -3.77. The average molecular weight is 325 g/mol. The molecule has 0 radical (unpaired) electrons. The van der Waals surface area contributed by atoms with Gasteiger partial charge in [0.25, 0.3) is 0 Å². The van der Waals surface area contributed by atoms with Crippen LogP contribution in [-0.4, -0.2) is 38.2 Å². The second-order valence-electron chi connectivity index (χ2n) is 5.50. The van der Waals surface area contributed by atoms with E-state index in [1.807, 2.05) is 0 Å². The number of nitrogens with zero attached hydrogens (tertiary/aromatic N) is 1. The molecule has 1 aliphatic rings. The van der Waals surface area contributed by atoms with Crippen LogP contribution in [-0.2, 0) is 19.6 Å². The summed E-state index contributed by atoms with van der Waals surface area (Å²) >= 11 is 0. The maximum atomic E-state index is 12.0. The van der Waals surface area contributed by atoms with E-state index in [9.17, 15) is 18.0 Å². The van der Waals surface area contributed by atoms with Gasteiger partial charge in [0.05, 0.1) is 4.90 Å². The van der Waals surface area contributed by atoms with E-state index in [-0.39, 0.29) is 4.90 Å². The Morgan fingerprint density at radius 2 is 1.73 bits per heavy atom. The Morgan fingerprint density at radius 3 is 2.23 bits per heavy atom. The summed E-state index contributed by atoms with van der Waals surface area (Å²) in [5.41, 5.74) is 0.344. The molecule has 120 valence electrons. The minimum Gasteiger partial charge on any atom is -0.334 e. The molecule has 1 fully saturated rings. The van der Waals surface area contributed by atoms with Gasteiger partial charge in [0.15, 0.2) is 0 Å². The lowest BCUT2D eigenvalue weighted by molar-refractivity contribution is -0.144. The van der Waals surface area contributed by atoms with Gasteiger partial charge < -0.3 is 10.2 Å². The number of primary sulfonamides is 1. The van der Waals surface area contributed by atoms with Gasteiger partial charge in [-0.3, -0.25) is 9.59 Å². The quantitative estimate of drug-likeness (QED) is 0.773. The van der Waals surface area contributed by atoms with Gasteiger partial charge in [-0.25, -0.2) is 13.6 Å². The van der Waals surface area contributed by atoms with Gasteiger partial charge in [0.1, 0.15) is 0 Å². The van der Waals surface area contributed by atoms with Crippen LogP contribution in [0.4, 0.5) is 5.69 Å². The lowest BCUT2D eigenvalue weighted by Crippen LogP contribution is -2.43. The number of hydrogen-bond acceptors (Lipinski definition) is 4. The average Bonchev–Trinajstić information content (AvgIpc) is 2.47. The van der Waals surface area contributed by atoms with Gasteiger partial charge in [-0.15, -0.1) is 0 Å². The van der Waals surface area contributed by atoms with Crippen LogP contribution >= 0.6 is 0 Å². The molecule has 0 aromatic heterocycles. The number of rotatable bonds is 2. The lowest BCUT2D eigenvalue weighted by Gasteiger charge is -2.29. The second kappa shape index (κ2) is 6.45. The highest BCUT2D eigenvalue weighted by atomic mass is 32.2. The first-order valence-electron chi connectivity index (χ1n) is 7.00. The summed E-state index contributed by atoms with van der Waals surface area (Å²) in [5, 5.41) is 7.45. The summed E-state index contributed by atoms with van der Waals surface area (Å²) in [6, 6.07) is 5.34. The van der Waals surface area contributed by atoms with Gasteiger partial charge in [-0.05, 0) is 43.0 Å². The largest absolute Gasteiger partial charge is 0.334 e. The number of hydrogen-bond donors (Lipinski definition) is 2. The van der Waals surface area contributed by atoms with Crippen molar-refractivity contribution in [1.29, 1.82) is 0 Å². The van der Waals surface area contributed by atoms with Crippen LogP contribution in [0.5, 0.6) is 0 Å². The molecule has 1 saturated heterocycles. The fraction of sp³-hybridized carbons (Fsp3) is 0.429. The molecule has 0 spiro atoms. The van der Waals surface area contributed by atoms with Gasteiger partial charge in [-0.2, -0.15) is 0 Å². The molecule has 0 bridgehead atoms. The van der Waals surface area contributed by atoms with Crippen LogP contribution in [0.25, 0.3) is 0 Å². The molecule has 2 amide bonds. The normalized spacial score (nSPS) is 16.4. The number of nitrogens with one attached hydrogen (secondary N) is 1. The fourth-order valence-corrected chi connectivity index (χ4v) is 2.78. The molecule has 3 N–H and O–H groups in total. The van der Waals surface area contributed by atoms with Crippen molar-refractivity contribution in [3.8, 4) is 0 Å². The van der Waals surface area contributed by atoms with E-state index in [4.69, 9.17) is 5.14 Å². The first-order valence-corrected chi connectivity index (χ1v) is 8.55. The van der Waals surface area contributed by atoms with Crippen molar-refractivity contribution in [1.82, 2.24) is 4.90 Å². The van der Waals surface area contributed by atoms with Gasteiger partial charge in [0, 0.05) is 18.8 Å². The number of piperidine rings is 1. The van der Waals surface area contributed by atoms with Crippen LogP contribution < -0.4 is 10.5 Å². The molecule has 0 unspecified atom stereocenters. The number of likely N-dealkylation sites (tertiary alicyclic amines) is 1. The van der Waals surface area contributed by atoms with E-state index in [1.54, 1.807) is 0 Å². The van der Waals surface area contributed by atoms with Crippen molar-refractivity contribution in [2.75, 3.05) is 18.4 Å². The zero-order chi connectivity index (χ0) is 16.3. The second-order valence-corrected chi connectivity index (χ2v) is 7.06. The van der Waals surface area contributed by atoms with Crippen molar-refractivity contribution in [2.24, 2.45) is 11.1 Å². The Labute approximate surface area is 129 Å². The number of anilines is 1. The third-order valence-electron chi connectivity index (χ3n) is 3.71. The third-order valence-corrected chi connectivity index (χ3v) is 4.64. The predicted octanol–water partition coefficient (Wildman–Crippen LogP) is 0.531. The summed E-state index contributed by atoms with van der Waals surface area (Å²) in [6.07, 6.45) is 1.78. The number of benzene rings is 1. The predicted molar refractivity (Wildman–Crippen MR) is 81.4 cm³/mol. The maximum Gasteiger partial charge on any atom is 0.313 e. The van der Waals surface area contributed by atoms with E-state index in [0.717, 1.165) is 12.8 Å². The molecule has 1 aromatic rings. The number of sulfonamides is 1. The zero-order valence-corrected chi connectivity index (χ0v) is 13.1. The van der Waals surface area contributed by atoms with E-state index in [1.165, 1.54) is 29.2 Å². The highest BCUT2D eigenvalue weighted by Crippen LogP contribution is 2.17. The summed E-state index contributed by atoms with van der Waals surface area (Å²) in [5.74, 6) is -0.724. The summed E-state index contributed by atoms with van der Waals surface area (Å²) < 4.78 is 22.3.